The molecule has 1 saturated heterocycles. The summed E-state index contributed by atoms with van der Waals surface area (Å²) in [6.07, 6.45) is 0. The van der Waals surface area contributed by atoms with Crippen LogP contribution in [0.15, 0.2) is 0 Å². The third kappa shape index (κ3) is 0.504. The molecule has 1 heterocycles. The van der Waals surface area contributed by atoms with Crippen LogP contribution in [0.4, 0.5) is 0 Å². The Labute approximate surface area is 35.9 Å². The van der Waals surface area contributed by atoms with Gasteiger partial charge in [-0.1, -0.05) is 0 Å². The first kappa shape index (κ1) is 2.80. The van der Waals surface area contributed by atoms with Gasteiger partial charge in [-0.2, -0.15) is 0 Å². The van der Waals surface area contributed by atoms with Gasteiger partial charge in [0, 0.05) is 0 Å². The van der Waals surface area contributed by atoms with E-state index in [4.69, 9.17) is 0 Å². The van der Waals surface area contributed by atoms with Gasteiger partial charge in [-0.15, -0.1) is 0 Å². The molecule has 2 heteroatoms. The van der Waals surface area contributed by atoms with Crippen molar-refractivity contribution in [1.82, 2.24) is 3.64 Å². The molecule has 0 aliphatic carbocycles. The van der Waals surface area contributed by atoms with Gasteiger partial charge in [0.1, 0.15) is 0 Å². The van der Waals surface area contributed by atoms with Crippen molar-refractivity contribution in [3.05, 3.63) is 0 Å². The molecule has 0 aromatic heterocycles. The van der Waals surface area contributed by atoms with Crippen LogP contribution in [0.25, 0.3) is 0 Å². The van der Waals surface area contributed by atoms with Crippen molar-refractivity contribution < 1.29 is 18.5 Å². The molecular formula is C2H4NZn. The van der Waals surface area contributed by atoms with Crippen LogP contribution in [0.3, 0.4) is 0 Å². The van der Waals surface area contributed by atoms with Gasteiger partial charge in [-0.25, -0.2) is 0 Å². The van der Waals surface area contributed by atoms with Crippen LogP contribution in [-0.2, 0) is 18.5 Å². The van der Waals surface area contributed by atoms with E-state index in [2.05, 4.69) is 3.64 Å². The van der Waals surface area contributed by atoms with Crippen molar-refractivity contribution >= 4 is 0 Å². The van der Waals surface area contributed by atoms with Gasteiger partial charge in [-0.05, 0) is 0 Å². The Morgan fingerprint density at radius 2 is 1.75 bits per heavy atom. The van der Waals surface area contributed by atoms with Crippen molar-refractivity contribution in [3.8, 4) is 0 Å². The van der Waals surface area contributed by atoms with E-state index in [1.807, 2.05) is 0 Å². The summed E-state index contributed by atoms with van der Waals surface area (Å²) in [5, 5.41) is 0. The Bertz CT molecular complexity index is 25.2. The zero-order valence-corrected chi connectivity index (χ0v) is 5.54. The third-order valence-electron chi connectivity index (χ3n) is 0.540. The Hall–Kier alpha value is 0.583. The number of hydrogen-bond donors (Lipinski definition) is 0. The maximum atomic E-state index is 2.38. The summed E-state index contributed by atoms with van der Waals surface area (Å²) in [6.45, 7) is 2.75. The van der Waals surface area contributed by atoms with Crippen molar-refractivity contribution in [2.75, 3.05) is 13.1 Å². The molecule has 0 atom stereocenters. The van der Waals surface area contributed by atoms with Gasteiger partial charge in [0.05, 0.1) is 0 Å². The Morgan fingerprint density at radius 3 is 1.75 bits per heavy atom. The van der Waals surface area contributed by atoms with Crippen molar-refractivity contribution in [2.45, 2.75) is 0 Å². The average Bonchev–Trinajstić information content (AvgIpc) is 1.75. The summed E-state index contributed by atoms with van der Waals surface area (Å²) >= 11 is 1.38. The Balaban J connectivity index is 2.17. The molecule has 0 aromatic rings. The van der Waals surface area contributed by atoms with Crippen LogP contribution < -0.4 is 0 Å². The summed E-state index contributed by atoms with van der Waals surface area (Å²) in [5.74, 6) is 0. The van der Waals surface area contributed by atoms with E-state index < -0.39 is 0 Å². The summed E-state index contributed by atoms with van der Waals surface area (Å²) in [5.41, 5.74) is 0. The quantitative estimate of drug-likeness (QED) is 0.305. The number of hydrogen-bond acceptors (Lipinski definition) is 1. The first-order chi connectivity index (χ1) is 1.89. The first-order valence-corrected chi connectivity index (χ1v) is 2.78. The minimum absolute atomic E-state index is 1.38. The molecule has 0 unspecified atom stereocenters. The van der Waals surface area contributed by atoms with E-state index in [0.717, 1.165) is 0 Å². The van der Waals surface area contributed by atoms with E-state index in [9.17, 15) is 0 Å². The molecule has 1 rings (SSSR count). The SMILES string of the molecule is [Zn][N]1CC1. The predicted octanol–water partition coefficient (Wildman–Crippen LogP) is -0.236. The van der Waals surface area contributed by atoms with Gasteiger partial charge in [-0.3, -0.25) is 0 Å². The molecule has 0 saturated carbocycles. The molecule has 0 N–H and O–H groups in total. The van der Waals surface area contributed by atoms with Crippen LogP contribution in [-0.4, -0.2) is 16.7 Å². The molecule has 1 nitrogen and oxygen atoms in total. The van der Waals surface area contributed by atoms with E-state index >= 15 is 0 Å². The van der Waals surface area contributed by atoms with Gasteiger partial charge in [0.2, 0.25) is 0 Å². The molecule has 0 aromatic carbocycles. The first-order valence-electron chi connectivity index (χ1n) is 1.45. The zero-order valence-electron chi connectivity index (χ0n) is 2.57. The molecule has 1 fully saturated rings. The molecule has 1 aliphatic heterocycles. The van der Waals surface area contributed by atoms with Crippen molar-refractivity contribution in [2.24, 2.45) is 0 Å². The van der Waals surface area contributed by atoms with Gasteiger partial charge in [0.15, 0.2) is 0 Å². The van der Waals surface area contributed by atoms with Crippen molar-refractivity contribution in [1.29, 1.82) is 0 Å². The summed E-state index contributed by atoms with van der Waals surface area (Å²) in [6, 6.07) is 0. The maximum absolute atomic E-state index is 2.38. The summed E-state index contributed by atoms with van der Waals surface area (Å²) < 4.78 is 2.38. The summed E-state index contributed by atoms with van der Waals surface area (Å²) in [7, 11) is 0. The molecule has 19 valence electrons. The Kier molecular flexibility index (Phi) is 0.537. The van der Waals surface area contributed by atoms with Crippen LogP contribution in [0.5, 0.6) is 0 Å². The van der Waals surface area contributed by atoms with Crippen LogP contribution >= 0.6 is 0 Å². The normalized spacial score (nSPS) is 26.5. The molecule has 0 spiro atoms. The zero-order chi connectivity index (χ0) is 2.99. The molecular weight excluding hydrogens is 103 g/mol. The third-order valence-corrected chi connectivity index (χ3v) is 1.87. The fourth-order valence-corrected chi connectivity index (χ4v) is 0.367. The topological polar surface area (TPSA) is 3.01 Å². The second-order valence-electron chi connectivity index (χ2n) is 1.12. The van der Waals surface area contributed by atoms with Gasteiger partial charge < -0.3 is 0 Å². The molecule has 0 amide bonds. The van der Waals surface area contributed by atoms with Crippen molar-refractivity contribution in [3.63, 3.8) is 0 Å². The van der Waals surface area contributed by atoms with E-state index in [1.165, 1.54) is 31.6 Å². The fraction of sp³-hybridized carbons (Fsp3) is 1.00. The van der Waals surface area contributed by atoms with E-state index in [-0.39, 0.29) is 0 Å². The number of rotatable bonds is 0. The Morgan fingerprint density at radius 1 is 1.50 bits per heavy atom. The van der Waals surface area contributed by atoms with E-state index in [1.54, 1.807) is 0 Å². The standard InChI is InChI=1S/C2H4N.Zn/c1-2-3-1;/h1-2H2;/q-1;+1. The monoisotopic (exact) mass is 106 g/mol. The molecule has 4 heavy (non-hydrogen) atoms. The predicted molar refractivity (Wildman–Crippen MR) is 11.6 cm³/mol. The molecule has 1 aliphatic rings. The average molecular weight is 107 g/mol. The second kappa shape index (κ2) is 0.767. The van der Waals surface area contributed by atoms with Crippen LogP contribution in [0.1, 0.15) is 0 Å². The molecule has 0 bridgehead atoms. The van der Waals surface area contributed by atoms with Gasteiger partial charge in [0.25, 0.3) is 0 Å². The van der Waals surface area contributed by atoms with Crippen LogP contribution in [0, 0.1) is 0 Å². The molecule has 0 radical (unpaired) electrons. The number of nitrogens with zero attached hydrogens (tertiary/aromatic N) is 1. The minimum atomic E-state index is 1.38. The van der Waals surface area contributed by atoms with Crippen LogP contribution in [0.2, 0.25) is 0 Å². The van der Waals surface area contributed by atoms with Gasteiger partial charge >= 0.3 is 35.3 Å². The summed E-state index contributed by atoms with van der Waals surface area (Å²) in [4.78, 5) is 0. The fourth-order valence-electron chi connectivity index (χ4n) is 0.0707. The van der Waals surface area contributed by atoms with E-state index in [0.29, 0.717) is 0 Å². The second-order valence-corrected chi connectivity index (χ2v) is 2.99.